The second kappa shape index (κ2) is 7.41. The van der Waals surface area contributed by atoms with Crippen LogP contribution < -0.4 is 4.90 Å². The van der Waals surface area contributed by atoms with Crippen LogP contribution in [0.3, 0.4) is 0 Å². The minimum absolute atomic E-state index is 0.138. The highest BCUT2D eigenvalue weighted by molar-refractivity contribution is 6.30. The Balaban J connectivity index is 2.04. The zero-order valence-electron chi connectivity index (χ0n) is 16.8. The standard InChI is InChI=1S/C24H27ClN2/c1-16(2)27-23-11-6-18(13-22(23)17(3)14-24(27,4)5)12-20(15-26)19-7-9-21(25)10-8-19/h6-13,16-17H,14H2,1-5H3/b20-12-. The molecular weight excluding hydrogens is 352 g/mol. The normalized spacial score (nSPS) is 19.0. The maximum absolute atomic E-state index is 9.62. The third-order valence-electron chi connectivity index (χ3n) is 5.40. The Bertz CT molecular complexity index is 901. The summed E-state index contributed by atoms with van der Waals surface area (Å²) in [4.78, 5) is 2.53. The van der Waals surface area contributed by atoms with Crippen LogP contribution in [0.25, 0.3) is 11.6 Å². The van der Waals surface area contributed by atoms with E-state index in [0.717, 1.165) is 17.5 Å². The lowest BCUT2D eigenvalue weighted by molar-refractivity contribution is 0.356. The lowest BCUT2D eigenvalue weighted by Crippen LogP contribution is -2.51. The molecule has 0 aromatic heterocycles. The van der Waals surface area contributed by atoms with Gasteiger partial charge in [0.05, 0.1) is 11.6 Å². The van der Waals surface area contributed by atoms with Crippen molar-refractivity contribution in [1.82, 2.24) is 0 Å². The van der Waals surface area contributed by atoms with Gasteiger partial charge in [0.1, 0.15) is 0 Å². The molecule has 1 unspecified atom stereocenters. The Morgan fingerprint density at radius 3 is 2.48 bits per heavy atom. The molecule has 0 fully saturated rings. The molecule has 0 saturated carbocycles. The highest BCUT2D eigenvalue weighted by atomic mass is 35.5. The van der Waals surface area contributed by atoms with Crippen LogP contribution in [-0.2, 0) is 0 Å². The van der Waals surface area contributed by atoms with Crippen LogP contribution in [0.5, 0.6) is 0 Å². The van der Waals surface area contributed by atoms with E-state index in [0.29, 0.717) is 22.6 Å². The molecule has 3 rings (SSSR count). The van der Waals surface area contributed by atoms with Crippen molar-refractivity contribution < 1.29 is 0 Å². The Kier molecular flexibility index (Phi) is 5.36. The van der Waals surface area contributed by atoms with E-state index in [1.54, 1.807) is 0 Å². The molecule has 0 spiro atoms. The SMILES string of the molecule is CC1CC(C)(C)N(C(C)C)c2ccc(/C=C(/C#N)c3ccc(Cl)cc3)cc21. The van der Waals surface area contributed by atoms with E-state index in [2.05, 4.69) is 63.8 Å². The van der Waals surface area contributed by atoms with Gasteiger partial charge in [-0.25, -0.2) is 0 Å². The van der Waals surface area contributed by atoms with Crippen LogP contribution >= 0.6 is 11.6 Å². The fourth-order valence-electron chi connectivity index (χ4n) is 4.51. The number of allylic oxidation sites excluding steroid dienone is 1. The molecule has 140 valence electrons. The minimum Gasteiger partial charge on any atom is -0.364 e. The largest absolute Gasteiger partial charge is 0.364 e. The van der Waals surface area contributed by atoms with Crippen molar-refractivity contribution in [2.24, 2.45) is 0 Å². The van der Waals surface area contributed by atoms with Crippen molar-refractivity contribution in [2.45, 2.75) is 58.5 Å². The van der Waals surface area contributed by atoms with Crippen LogP contribution in [0.1, 0.15) is 63.6 Å². The van der Waals surface area contributed by atoms with Gasteiger partial charge in [-0.3, -0.25) is 0 Å². The van der Waals surface area contributed by atoms with Gasteiger partial charge >= 0.3 is 0 Å². The van der Waals surface area contributed by atoms with E-state index in [-0.39, 0.29) is 5.54 Å². The van der Waals surface area contributed by atoms with E-state index in [1.165, 1.54) is 11.3 Å². The van der Waals surface area contributed by atoms with Gasteiger partial charge in [-0.1, -0.05) is 36.7 Å². The molecule has 2 aromatic carbocycles. The molecule has 3 heteroatoms. The van der Waals surface area contributed by atoms with Gasteiger partial charge in [0.25, 0.3) is 0 Å². The van der Waals surface area contributed by atoms with Gasteiger partial charge in [-0.15, -0.1) is 0 Å². The first-order chi connectivity index (χ1) is 12.7. The molecule has 1 atom stereocenters. The fourth-order valence-corrected chi connectivity index (χ4v) is 4.64. The molecule has 2 aromatic rings. The van der Waals surface area contributed by atoms with Crippen molar-refractivity contribution in [2.75, 3.05) is 4.90 Å². The summed E-state index contributed by atoms with van der Waals surface area (Å²) in [7, 11) is 0. The van der Waals surface area contributed by atoms with Gasteiger partial charge in [-0.2, -0.15) is 5.26 Å². The molecule has 0 saturated heterocycles. The zero-order chi connectivity index (χ0) is 19.8. The van der Waals surface area contributed by atoms with E-state index < -0.39 is 0 Å². The number of benzene rings is 2. The number of hydrogen-bond acceptors (Lipinski definition) is 2. The van der Waals surface area contributed by atoms with Gasteiger partial charge in [-0.05, 0) is 87.1 Å². The first kappa shape index (κ1) is 19.5. The van der Waals surface area contributed by atoms with Crippen molar-refractivity contribution >= 4 is 28.9 Å². The molecule has 1 aliphatic heterocycles. The number of nitriles is 1. The summed E-state index contributed by atoms with van der Waals surface area (Å²) >= 11 is 5.97. The van der Waals surface area contributed by atoms with Gasteiger partial charge in [0.15, 0.2) is 0 Å². The van der Waals surface area contributed by atoms with Crippen LogP contribution in [0, 0.1) is 11.3 Å². The third-order valence-corrected chi connectivity index (χ3v) is 5.65. The number of halogens is 1. The molecule has 1 heterocycles. The molecule has 0 bridgehead atoms. The maximum atomic E-state index is 9.62. The van der Waals surface area contributed by atoms with Gasteiger partial charge < -0.3 is 4.90 Å². The summed E-state index contributed by atoms with van der Waals surface area (Å²) in [6.45, 7) is 11.5. The minimum atomic E-state index is 0.138. The summed E-state index contributed by atoms with van der Waals surface area (Å²) in [5.74, 6) is 0.486. The molecule has 2 nitrogen and oxygen atoms in total. The zero-order valence-corrected chi connectivity index (χ0v) is 17.5. The summed E-state index contributed by atoms with van der Waals surface area (Å²) in [5.41, 5.74) is 5.42. The highest BCUT2D eigenvalue weighted by Crippen LogP contribution is 2.44. The Morgan fingerprint density at radius 2 is 1.89 bits per heavy atom. The van der Waals surface area contributed by atoms with Crippen molar-refractivity contribution in [3.8, 4) is 6.07 Å². The van der Waals surface area contributed by atoms with E-state index in [4.69, 9.17) is 11.6 Å². The summed E-state index contributed by atoms with van der Waals surface area (Å²) in [6.07, 6.45) is 3.09. The summed E-state index contributed by atoms with van der Waals surface area (Å²) < 4.78 is 0. The molecule has 0 aliphatic carbocycles. The number of anilines is 1. The van der Waals surface area contributed by atoms with Crippen LogP contribution in [-0.4, -0.2) is 11.6 Å². The quantitative estimate of drug-likeness (QED) is 0.428. The van der Waals surface area contributed by atoms with Gasteiger partial charge in [0, 0.05) is 22.3 Å². The predicted octanol–water partition coefficient (Wildman–Crippen LogP) is 6.90. The summed E-state index contributed by atoms with van der Waals surface area (Å²) in [5, 5.41) is 10.3. The number of fused-ring (bicyclic) bond motifs is 1. The maximum Gasteiger partial charge on any atom is 0.0998 e. The lowest BCUT2D eigenvalue weighted by Gasteiger charge is -2.50. The lowest BCUT2D eigenvalue weighted by atomic mass is 9.78. The molecule has 1 aliphatic rings. The molecular formula is C24H27ClN2. The predicted molar refractivity (Wildman–Crippen MR) is 116 cm³/mol. The first-order valence-electron chi connectivity index (χ1n) is 9.54. The smallest absolute Gasteiger partial charge is 0.0998 e. The van der Waals surface area contributed by atoms with E-state index in [1.807, 2.05) is 30.3 Å². The molecule has 0 radical (unpaired) electrons. The van der Waals surface area contributed by atoms with Crippen LogP contribution in [0.2, 0.25) is 5.02 Å². The first-order valence-corrected chi connectivity index (χ1v) is 9.92. The topological polar surface area (TPSA) is 27.0 Å². The fraction of sp³-hybridized carbons (Fsp3) is 0.375. The van der Waals surface area contributed by atoms with E-state index in [9.17, 15) is 5.26 Å². The summed E-state index contributed by atoms with van der Waals surface area (Å²) in [6, 6.07) is 16.8. The van der Waals surface area contributed by atoms with Crippen molar-refractivity contribution in [3.05, 3.63) is 64.2 Å². The second-order valence-electron chi connectivity index (χ2n) is 8.38. The Morgan fingerprint density at radius 1 is 1.22 bits per heavy atom. The number of nitrogens with zero attached hydrogens (tertiary/aromatic N) is 2. The number of rotatable bonds is 3. The van der Waals surface area contributed by atoms with Crippen LogP contribution in [0.4, 0.5) is 5.69 Å². The third kappa shape index (κ3) is 3.89. The van der Waals surface area contributed by atoms with Crippen molar-refractivity contribution in [3.63, 3.8) is 0 Å². The van der Waals surface area contributed by atoms with Gasteiger partial charge in [0.2, 0.25) is 0 Å². The second-order valence-corrected chi connectivity index (χ2v) is 8.81. The molecule has 0 N–H and O–H groups in total. The Hall–Kier alpha value is -2.24. The Labute approximate surface area is 168 Å². The molecule has 27 heavy (non-hydrogen) atoms. The number of hydrogen-bond donors (Lipinski definition) is 0. The van der Waals surface area contributed by atoms with E-state index >= 15 is 0 Å². The molecule has 0 amide bonds. The highest BCUT2D eigenvalue weighted by Gasteiger charge is 2.37. The monoisotopic (exact) mass is 378 g/mol. The van der Waals surface area contributed by atoms with Crippen LogP contribution in [0.15, 0.2) is 42.5 Å². The average molecular weight is 379 g/mol. The average Bonchev–Trinajstić information content (AvgIpc) is 2.60. The van der Waals surface area contributed by atoms with Crippen molar-refractivity contribution in [1.29, 1.82) is 5.26 Å².